The summed E-state index contributed by atoms with van der Waals surface area (Å²) in [6.45, 7) is 3.13. The van der Waals surface area contributed by atoms with Gasteiger partial charge >= 0.3 is 0 Å². The average molecular weight is 431 g/mol. The Morgan fingerprint density at radius 1 is 1.23 bits per heavy atom. The molecule has 1 spiro atoms. The molecule has 0 aromatic heterocycles. The van der Waals surface area contributed by atoms with Gasteiger partial charge in [-0.25, -0.2) is 0 Å². The molecule has 0 aliphatic carbocycles. The standard InChI is InChI=1S/C23H30N2O6/c1-15(22(29)24-10-6-16(26)7-11-24)25-12-9-23(8-5-21(25)28)14-19(27)18-4-3-17(30-2)13-20(18)31-23/h3-4,13,15-16,26H,5-12,14H2,1-2H3/t15-,23+/m1/s1. The highest BCUT2D eigenvalue weighted by Crippen LogP contribution is 2.41. The molecule has 2 atom stereocenters. The van der Waals surface area contributed by atoms with Crippen molar-refractivity contribution in [3.8, 4) is 11.5 Å². The lowest BCUT2D eigenvalue weighted by Crippen LogP contribution is -2.52. The monoisotopic (exact) mass is 430 g/mol. The van der Waals surface area contributed by atoms with Crippen molar-refractivity contribution < 1.29 is 29.0 Å². The number of aliphatic hydroxyl groups excluding tert-OH is 1. The van der Waals surface area contributed by atoms with E-state index in [1.54, 1.807) is 42.0 Å². The van der Waals surface area contributed by atoms with E-state index in [2.05, 4.69) is 0 Å². The van der Waals surface area contributed by atoms with Crippen LogP contribution in [-0.2, 0) is 9.59 Å². The Kier molecular flexibility index (Phi) is 5.92. The molecule has 4 rings (SSSR count). The Balaban J connectivity index is 1.48. The molecule has 3 aliphatic rings. The van der Waals surface area contributed by atoms with Crippen molar-refractivity contribution in [1.29, 1.82) is 0 Å². The highest BCUT2D eigenvalue weighted by Gasteiger charge is 2.44. The number of benzene rings is 1. The summed E-state index contributed by atoms with van der Waals surface area (Å²) >= 11 is 0. The van der Waals surface area contributed by atoms with Crippen LogP contribution in [0, 0.1) is 0 Å². The fourth-order valence-corrected chi connectivity index (χ4v) is 4.83. The van der Waals surface area contributed by atoms with Gasteiger partial charge in [-0.05, 0) is 38.3 Å². The van der Waals surface area contributed by atoms with Crippen LogP contribution in [0.1, 0.15) is 55.8 Å². The van der Waals surface area contributed by atoms with Crippen molar-refractivity contribution in [1.82, 2.24) is 9.80 Å². The van der Waals surface area contributed by atoms with Crippen LogP contribution in [0.3, 0.4) is 0 Å². The second-order valence-corrected chi connectivity index (χ2v) is 8.82. The fraction of sp³-hybridized carbons (Fsp3) is 0.609. The topological polar surface area (TPSA) is 96.4 Å². The normalized spacial score (nSPS) is 25.6. The fourth-order valence-electron chi connectivity index (χ4n) is 4.83. The molecule has 3 aliphatic heterocycles. The van der Waals surface area contributed by atoms with Crippen molar-refractivity contribution in [2.24, 2.45) is 0 Å². The molecule has 1 aromatic rings. The minimum Gasteiger partial charge on any atom is -0.497 e. The maximum absolute atomic E-state index is 13.0. The van der Waals surface area contributed by atoms with Gasteiger partial charge in [0, 0.05) is 38.5 Å². The van der Waals surface area contributed by atoms with Crippen LogP contribution in [0.15, 0.2) is 18.2 Å². The predicted molar refractivity (Wildman–Crippen MR) is 112 cm³/mol. The number of carbonyl (C=O) groups is 3. The van der Waals surface area contributed by atoms with Crippen molar-refractivity contribution >= 4 is 17.6 Å². The van der Waals surface area contributed by atoms with E-state index < -0.39 is 11.6 Å². The van der Waals surface area contributed by atoms with E-state index in [0.717, 1.165) is 0 Å². The largest absolute Gasteiger partial charge is 0.497 e. The molecule has 0 radical (unpaired) electrons. The quantitative estimate of drug-likeness (QED) is 0.785. The maximum Gasteiger partial charge on any atom is 0.245 e. The number of nitrogens with zero attached hydrogens (tertiary/aromatic N) is 2. The number of fused-ring (bicyclic) bond motifs is 1. The van der Waals surface area contributed by atoms with E-state index in [0.29, 0.717) is 62.4 Å². The first-order valence-electron chi connectivity index (χ1n) is 11.0. The zero-order valence-electron chi connectivity index (χ0n) is 18.1. The van der Waals surface area contributed by atoms with Gasteiger partial charge in [-0.1, -0.05) is 0 Å². The molecule has 0 saturated carbocycles. The second-order valence-electron chi connectivity index (χ2n) is 8.82. The van der Waals surface area contributed by atoms with Crippen LogP contribution in [0.25, 0.3) is 0 Å². The Labute approximate surface area is 182 Å². The Morgan fingerprint density at radius 3 is 2.68 bits per heavy atom. The van der Waals surface area contributed by atoms with Gasteiger partial charge < -0.3 is 24.4 Å². The van der Waals surface area contributed by atoms with Crippen molar-refractivity contribution in [2.75, 3.05) is 26.7 Å². The summed E-state index contributed by atoms with van der Waals surface area (Å²) in [7, 11) is 1.56. The number of aliphatic hydroxyl groups is 1. The van der Waals surface area contributed by atoms with Crippen LogP contribution in [0.2, 0.25) is 0 Å². The van der Waals surface area contributed by atoms with Crippen molar-refractivity contribution in [2.45, 2.75) is 63.2 Å². The molecule has 2 saturated heterocycles. The zero-order chi connectivity index (χ0) is 22.2. The summed E-state index contributed by atoms with van der Waals surface area (Å²) < 4.78 is 11.6. The zero-order valence-corrected chi connectivity index (χ0v) is 18.1. The highest BCUT2D eigenvalue weighted by atomic mass is 16.5. The lowest BCUT2D eigenvalue weighted by atomic mass is 9.84. The summed E-state index contributed by atoms with van der Waals surface area (Å²) in [5.74, 6) is 0.920. The third kappa shape index (κ3) is 4.26. The average Bonchev–Trinajstić information content (AvgIpc) is 2.92. The van der Waals surface area contributed by atoms with Crippen LogP contribution in [-0.4, -0.2) is 77.0 Å². The number of hydrogen-bond donors (Lipinski definition) is 1. The summed E-state index contributed by atoms with van der Waals surface area (Å²) in [6.07, 6.45) is 2.13. The molecule has 3 heterocycles. The predicted octanol–water partition coefficient (Wildman–Crippen LogP) is 1.78. The molecule has 2 amide bonds. The van der Waals surface area contributed by atoms with E-state index in [9.17, 15) is 19.5 Å². The number of ketones is 1. The summed E-state index contributed by atoms with van der Waals surface area (Å²) in [4.78, 5) is 42.0. The number of amides is 2. The van der Waals surface area contributed by atoms with Gasteiger partial charge in [0.05, 0.1) is 25.2 Å². The van der Waals surface area contributed by atoms with Crippen LogP contribution in [0.4, 0.5) is 0 Å². The van der Waals surface area contributed by atoms with Crippen molar-refractivity contribution in [3.63, 3.8) is 0 Å². The molecule has 0 bridgehead atoms. The molecular weight excluding hydrogens is 400 g/mol. The van der Waals surface area contributed by atoms with E-state index in [-0.39, 0.29) is 36.5 Å². The number of piperidine rings is 1. The Hall–Kier alpha value is -2.61. The van der Waals surface area contributed by atoms with Crippen LogP contribution in [0.5, 0.6) is 11.5 Å². The number of rotatable bonds is 3. The molecule has 1 N–H and O–H groups in total. The van der Waals surface area contributed by atoms with E-state index >= 15 is 0 Å². The molecule has 31 heavy (non-hydrogen) atoms. The van der Waals surface area contributed by atoms with Crippen LogP contribution >= 0.6 is 0 Å². The van der Waals surface area contributed by atoms with Gasteiger partial charge in [0.25, 0.3) is 0 Å². The minimum atomic E-state index is -0.751. The highest BCUT2D eigenvalue weighted by molar-refractivity contribution is 6.00. The third-order valence-electron chi connectivity index (χ3n) is 6.82. The number of methoxy groups -OCH3 is 1. The first-order valence-corrected chi connectivity index (χ1v) is 11.0. The minimum absolute atomic E-state index is 0.000742. The lowest BCUT2D eigenvalue weighted by Gasteiger charge is -2.38. The number of Topliss-reactive ketones (excluding diaryl/α,β-unsaturated/α-hetero) is 1. The van der Waals surface area contributed by atoms with Gasteiger partial charge in [0.15, 0.2) is 5.78 Å². The molecule has 8 heteroatoms. The summed E-state index contributed by atoms with van der Waals surface area (Å²) in [5, 5.41) is 9.69. The molecular formula is C23H30N2O6. The first kappa shape index (κ1) is 21.6. The summed E-state index contributed by atoms with van der Waals surface area (Å²) in [6, 6.07) is 4.59. The number of likely N-dealkylation sites (tertiary alicyclic amines) is 2. The SMILES string of the molecule is COc1ccc2c(c1)O[C@]1(CCC(=O)N([C@H](C)C(=O)N3CCC(O)CC3)CC1)CC2=O. The van der Waals surface area contributed by atoms with Gasteiger partial charge in [-0.15, -0.1) is 0 Å². The molecule has 8 nitrogen and oxygen atoms in total. The van der Waals surface area contributed by atoms with E-state index in [1.807, 2.05) is 0 Å². The van der Waals surface area contributed by atoms with E-state index in [1.165, 1.54) is 0 Å². The lowest BCUT2D eigenvalue weighted by molar-refractivity contribution is -0.146. The number of carbonyl (C=O) groups excluding carboxylic acids is 3. The first-order chi connectivity index (χ1) is 14.8. The summed E-state index contributed by atoms with van der Waals surface area (Å²) in [5.41, 5.74) is -0.214. The Morgan fingerprint density at radius 2 is 1.97 bits per heavy atom. The van der Waals surface area contributed by atoms with Gasteiger partial charge in [0.1, 0.15) is 23.1 Å². The van der Waals surface area contributed by atoms with Gasteiger partial charge in [-0.2, -0.15) is 0 Å². The third-order valence-corrected chi connectivity index (χ3v) is 6.82. The number of ether oxygens (including phenoxy) is 2. The van der Waals surface area contributed by atoms with Gasteiger partial charge in [0.2, 0.25) is 11.8 Å². The smallest absolute Gasteiger partial charge is 0.245 e. The Bertz CT molecular complexity index is 879. The molecule has 1 aromatic carbocycles. The number of hydrogen-bond acceptors (Lipinski definition) is 6. The van der Waals surface area contributed by atoms with Crippen molar-refractivity contribution in [3.05, 3.63) is 23.8 Å². The van der Waals surface area contributed by atoms with Crippen LogP contribution < -0.4 is 9.47 Å². The molecule has 0 unspecified atom stereocenters. The van der Waals surface area contributed by atoms with E-state index in [4.69, 9.17) is 9.47 Å². The maximum atomic E-state index is 13.0. The second kappa shape index (κ2) is 8.49. The molecule has 2 fully saturated rings. The van der Waals surface area contributed by atoms with Gasteiger partial charge in [-0.3, -0.25) is 14.4 Å². The molecule has 168 valence electrons.